The van der Waals surface area contributed by atoms with E-state index in [2.05, 4.69) is 0 Å². The van der Waals surface area contributed by atoms with E-state index in [0.717, 1.165) is 0 Å². The standard InChI is InChI=1S/C18H18O5/c1-3-22-17(19)14-10-7-11-15(12-14)23-16(18(20)21-2)13-8-5-4-6-9-13/h4-12,16H,3H2,1-2H3. The lowest BCUT2D eigenvalue weighted by Gasteiger charge is -2.17. The van der Waals surface area contributed by atoms with Crippen LogP contribution in [0.1, 0.15) is 28.9 Å². The van der Waals surface area contributed by atoms with Crippen LogP contribution >= 0.6 is 0 Å². The van der Waals surface area contributed by atoms with Crippen molar-refractivity contribution in [1.29, 1.82) is 0 Å². The highest BCUT2D eigenvalue weighted by Gasteiger charge is 2.23. The highest BCUT2D eigenvalue weighted by molar-refractivity contribution is 5.89. The molecule has 0 saturated carbocycles. The van der Waals surface area contributed by atoms with Crippen LogP contribution in [0.15, 0.2) is 54.6 Å². The molecule has 0 heterocycles. The molecule has 1 unspecified atom stereocenters. The van der Waals surface area contributed by atoms with Crippen LogP contribution in [0.2, 0.25) is 0 Å². The van der Waals surface area contributed by atoms with Gasteiger partial charge in [-0.05, 0) is 25.1 Å². The predicted molar refractivity (Wildman–Crippen MR) is 84.2 cm³/mol. The number of carbonyl (C=O) groups excluding carboxylic acids is 2. The molecule has 0 saturated heterocycles. The van der Waals surface area contributed by atoms with Crippen molar-refractivity contribution in [3.63, 3.8) is 0 Å². The molecule has 5 nitrogen and oxygen atoms in total. The molecule has 1 atom stereocenters. The fourth-order valence-corrected chi connectivity index (χ4v) is 2.03. The number of rotatable bonds is 6. The van der Waals surface area contributed by atoms with Crippen LogP contribution in [-0.4, -0.2) is 25.7 Å². The van der Waals surface area contributed by atoms with E-state index in [0.29, 0.717) is 23.5 Å². The molecule has 2 aromatic rings. The highest BCUT2D eigenvalue weighted by Crippen LogP contribution is 2.24. The monoisotopic (exact) mass is 314 g/mol. The third-order valence-electron chi connectivity index (χ3n) is 3.12. The number of esters is 2. The van der Waals surface area contributed by atoms with Crippen molar-refractivity contribution in [3.05, 3.63) is 65.7 Å². The minimum absolute atomic E-state index is 0.290. The summed E-state index contributed by atoms with van der Waals surface area (Å²) in [4.78, 5) is 23.8. The van der Waals surface area contributed by atoms with Gasteiger partial charge in [-0.1, -0.05) is 36.4 Å². The SMILES string of the molecule is CCOC(=O)c1cccc(OC(C(=O)OC)c2ccccc2)c1. The topological polar surface area (TPSA) is 61.8 Å². The zero-order valence-electron chi connectivity index (χ0n) is 13.0. The molecule has 0 bridgehead atoms. The van der Waals surface area contributed by atoms with E-state index in [1.807, 2.05) is 18.2 Å². The van der Waals surface area contributed by atoms with Crippen LogP contribution in [0.3, 0.4) is 0 Å². The fraction of sp³-hybridized carbons (Fsp3) is 0.222. The van der Waals surface area contributed by atoms with Crippen molar-refractivity contribution in [2.24, 2.45) is 0 Å². The smallest absolute Gasteiger partial charge is 0.351 e. The van der Waals surface area contributed by atoms with Crippen molar-refractivity contribution >= 4 is 11.9 Å². The van der Waals surface area contributed by atoms with Gasteiger partial charge in [-0.3, -0.25) is 0 Å². The summed E-state index contributed by atoms with van der Waals surface area (Å²) in [7, 11) is 1.30. The van der Waals surface area contributed by atoms with Crippen LogP contribution in [0.4, 0.5) is 0 Å². The average molecular weight is 314 g/mol. The lowest BCUT2D eigenvalue weighted by molar-refractivity contribution is -0.149. The first-order valence-corrected chi connectivity index (χ1v) is 7.22. The predicted octanol–water partition coefficient (Wildman–Crippen LogP) is 3.16. The molecule has 120 valence electrons. The Morgan fingerprint density at radius 3 is 2.43 bits per heavy atom. The molecule has 2 aromatic carbocycles. The molecule has 0 fully saturated rings. The second kappa shape index (κ2) is 7.98. The van der Waals surface area contributed by atoms with Gasteiger partial charge in [-0.2, -0.15) is 0 Å². The normalized spacial score (nSPS) is 11.4. The number of hydrogen-bond acceptors (Lipinski definition) is 5. The van der Waals surface area contributed by atoms with Crippen LogP contribution in [0, 0.1) is 0 Å². The molecule has 5 heteroatoms. The quantitative estimate of drug-likeness (QED) is 0.766. The highest BCUT2D eigenvalue weighted by atomic mass is 16.6. The maximum atomic E-state index is 12.0. The first kappa shape index (κ1) is 16.5. The lowest BCUT2D eigenvalue weighted by atomic mass is 10.1. The van der Waals surface area contributed by atoms with Gasteiger partial charge in [0.2, 0.25) is 6.10 Å². The van der Waals surface area contributed by atoms with Gasteiger partial charge in [0.15, 0.2) is 0 Å². The van der Waals surface area contributed by atoms with Crippen molar-refractivity contribution in [2.75, 3.05) is 13.7 Å². The summed E-state index contributed by atoms with van der Waals surface area (Å²) in [5.74, 6) is -0.570. The molecule has 0 aliphatic carbocycles. The molecule has 0 aliphatic heterocycles. The molecule has 23 heavy (non-hydrogen) atoms. The lowest BCUT2D eigenvalue weighted by Crippen LogP contribution is -2.20. The number of carbonyl (C=O) groups is 2. The Morgan fingerprint density at radius 2 is 1.78 bits per heavy atom. The summed E-state index contributed by atoms with van der Waals surface area (Å²) in [5.41, 5.74) is 1.03. The first-order chi connectivity index (χ1) is 11.2. The minimum atomic E-state index is -0.904. The Labute approximate surface area is 134 Å². The van der Waals surface area contributed by atoms with Gasteiger partial charge >= 0.3 is 11.9 Å². The maximum absolute atomic E-state index is 12.0. The van der Waals surface area contributed by atoms with E-state index < -0.39 is 18.0 Å². The summed E-state index contributed by atoms with van der Waals surface area (Å²) < 4.78 is 15.5. The third-order valence-corrected chi connectivity index (χ3v) is 3.12. The molecule has 0 N–H and O–H groups in total. The molecule has 0 aromatic heterocycles. The van der Waals surface area contributed by atoms with Gasteiger partial charge in [-0.15, -0.1) is 0 Å². The Balaban J connectivity index is 2.25. The van der Waals surface area contributed by atoms with Gasteiger partial charge in [0.1, 0.15) is 5.75 Å². The fourth-order valence-electron chi connectivity index (χ4n) is 2.03. The van der Waals surface area contributed by atoms with E-state index in [1.165, 1.54) is 13.2 Å². The number of hydrogen-bond donors (Lipinski definition) is 0. The molecule has 0 spiro atoms. The van der Waals surface area contributed by atoms with E-state index in [4.69, 9.17) is 14.2 Å². The Bertz CT molecular complexity index is 666. The number of methoxy groups -OCH3 is 1. The van der Waals surface area contributed by atoms with Gasteiger partial charge in [0.25, 0.3) is 0 Å². The molecular weight excluding hydrogens is 296 g/mol. The summed E-state index contributed by atoms with van der Waals surface area (Å²) in [6, 6.07) is 15.5. The Hall–Kier alpha value is -2.82. The van der Waals surface area contributed by atoms with E-state index in [-0.39, 0.29) is 0 Å². The Morgan fingerprint density at radius 1 is 1.04 bits per heavy atom. The number of ether oxygens (including phenoxy) is 3. The van der Waals surface area contributed by atoms with E-state index >= 15 is 0 Å². The van der Waals surface area contributed by atoms with E-state index in [1.54, 1.807) is 37.3 Å². The largest absolute Gasteiger partial charge is 0.474 e. The second-order valence-corrected chi connectivity index (χ2v) is 4.68. The average Bonchev–Trinajstić information content (AvgIpc) is 2.60. The van der Waals surface area contributed by atoms with E-state index in [9.17, 15) is 9.59 Å². The molecule has 0 radical (unpaired) electrons. The molecule has 0 aliphatic rings. The zero-order chi connectivity index (χ0) is 16.7. The summed E-state index contributed by atoms with van der Waals surface area (Å²) >= 11 is 0. The summed E-state index contributed by atoms with van der Waals surface area (Å²) in [6.45, 7) is 2.03. The second-order valence-electron chi connectivity index (χ2n) is 4.68. The van der Waals surface area contributed by atoms with Gasteiger partial charge < -0.3 is 14.2 Å². The third kappa shape index (κ3) is 4.32. The van der Waals surface area contributed by atoms with Gasteiger partial charge in [0, 0.05) is 5.56 Å². The molecule has 2 rings (SSSR count). The van der Waals surface area contributed by atoms with Crippen LogP contribution < -0.4 is 4.74 Å². The first-order valence-electron chi connectivity index (χ1n) is 7.22. The summed E-state index contributed by atoms with van der Waals surface area (Å²) in [6.07, 6.45) is -0.904. The van der Waals surface area contributed by atoms with Crippen molar-refractivity contribution in [1.82, 2.24) is 0 Å². The van der Waals surface area contributed by atoms with Crippen molar-refractivity contribution in [3.8, 4) is 5.75 Å². The molecule has 0 amide bonds. The van der Waals surface area contributed by atoms with Crippen LogP contribution in [-0.2, 0) is 14.3 Å². The summed E-state index contributed by atoms with van der Waals surface area (Å²) in [5, 5.41) is 0. The zero-order valence-corrected chi connectivity index (χ0v) is 13.0. The number of benzene rings is 2. The molecular formula is C18H18O5. The van der Waals surface area contributed by atoms with Crippen molar-refractivity contribution < 1.29 is 23.8 Å². The van der Waals surface area contributed by atoms with Gasteiger partial charge in [-0.25, -0.2) is 9.59 Å². The van der Waals surface area contributed by atoms with Crippen LogP contribution in [0.5, 0.6) is 5.75 Å². The minimum Gasteiger partial charge on any atom is -0.474 e. The maximum Gasteiger partial charge on any atom is 0.351 e. The van der Waals surface area contributed by atoms with Crippen molar-refractivity contribution in [2.45, 2.75) is 13.0 Å². The van der Waals surface area contributed by atoms with Crippen LogP contribution in [0.25, 0.3) is 0 Å². The Kier molecular flexibility index (Phi) is 5.74. The van der Waals surface area contributed by atoms with Gasteiger partial charge in [0.05, 0.1) is 19.3 Å².